The molecular weight excluding hydrogens is 330 g/mol. The van der Waals surface area contributed by atoms with Crippen molar-refractivity contribution in [3.8, 4) is 0 Å². The summed E-state index contributed by atoms with van der Waals surface area (Å²) in [4.78, 5) is 0.358. The molecular formula is C18H22ClNO2S. The average Bonchev–Trinajstić information content (AvgIpc) is 2.99. The Labute approximate surface area is 143 Å². The molecule has 0 amide bonds. The lowest BCUT2D eigenvalue weighted by atomic mass is 10.0. The van der Waals surface area contributed by atoms with Crippen molar-refractivity contribution in [3.05, 3.63) is 60.3 Å². The molecule has 1 aromatic rings. The smallest absolute Gasteiger partial charge is 0.175 e. The van der Waals surface area contributed by atoms with E-state index in [0.717, 1.165) is 24.8 Å². The molecule has 0 bridgehead atoms. The Morgan fingerprint density at radius 3 is 2.61 bits per heavy atom. The molecule has 1 aliphatic rings. The highest BCUT2D eigenvalue weighted by molar-refractivity contribution is 7.90. The van der Waals surface area contributed by atoms with E-state index in [0.29, 0.717) is 11.4 Å². The van der Waals surface area contributed by atoms with Crippen molar-refractivity contribution in [2.24, 2.45) is 0 Å². The van der Waals surface area contributed by atoms with Gasteiger partial charge in [-0.1, -0.05) is 18.2 Å². The van der Waals surface area contributed by atoms with E-state index in [1.807, 2.05) is 18.3 Å². The van der Waals surface area contributed by atoms with Crippen molar-refractivity contribution < 1.29 is 8.42 Å². The van der Waals surface area contributed by atoms with Crippen LogP contribution in [0.4, 0.5) is 0 Å². The average molecular weight is 352 g/mol. The molecule has 1 aromatic carbocycles. The Hall–Kier alpha value is -1.52. The van der Waals surface area contributed by atoms with E-state index < -0.39 is 9.84 Å². The normalized spacial score (nSPS) is 16.8. The van der Waals surface area contributed by atoms with Crippen LogP contribution in [0.15, 0.2) is 59.7 Å². The summed E-state index contributed by atoms with van der Waals surface area (Å²) in [6.07, 6.45) is 10.1. The van der Waals surface area contributed by atoms with Crippen LogP contribution in [0.3, 0.4) is 0 Å². The summed E-state index contributed by atoms with van der Waals surface area (Å²) >= 11 is 5.96. The molecule has 23 heavy (non-hydrogen) atoms. The Balaban J connectivity index is 2.13. The molecule has 0 heterocycles. The first-order chi connectivity index (χ1) is 10.9. The molecule has 0 aliphatic heterocycles. The predicted octanol–water partition coefficient (Wildman–Crippen LogP) is 3.92. The Morgan fingerprint density at radius 2 is 2.00 bits per heavy atom. The van der Waals surface area contributed by atoms with E-state index >= 15 is 0 Å². The van der Waals surface area contributed by atoms with Gasteiger partial charge in [0.05, 0.1) is 10.3 Å². The molecule has 0 spiro atoms. The van der Waals surface area contributed by atoms with Crippen LogP contribution in [0, 0.1) is 0 Å². The van der Waals surface area contributed by atoms with E-state index in [1.54, 1.807) is 18.2 Å². The van der Waals surface area contributed by atoms with Gasteiger partial charge in [0.2, 0.25) is 0 Å². The molecule has 1 atom stereocenters. The first-order valence-corrected chi connectivity index (χ1v) is 9.93. The predicted molar refractivity (Wildman–Crippen MR) is 97.3 cm³/mol. The zero-order valence-electron chi connectivity index (χ0n) is 13.3. The molecule has 5 heteroatoms. The zero-order chi connectivity index (χ0) is 16.9. The highest BCUT2D eigenvalue weighted by Gasteiger charge is 2.15. The summed E-state index contributed by atoms with van der Waals surface area (Å²) in [6, 6.07) is 7.14. The highest BCUT2D eigenvalue weighted by Crippen LogP contribution is 2.34. The molecule has 1 aliphatic carbocycles. The number of hydrogen-bond donors (Lipinski definition) is 1. The molecule has 2 rings (SSSR count). The Morgan fingerprint density at radius 1 is 1.30 bits per heavy atom. The number of benzene rings is 1. The lowest BCUT2D eigenvalue weighted by Crippen LogP contribution is -2.15. The van der Waals surface area contributed by atoms with Crippen LogP contribution < -0.4 is 5.32 Å². The van der Waals surface area contributed by atoms with Gasteiger partial charge in [0, 0.05) is 12.8 Å². The third-order valence-electron chi connectivity index (χ3n) is 3.86. The van der Waals surface area contributed by atoms with Crippen LogP contribution >= 0.6 is 11.6 Å². The summed E-state index contributed by atoms with van der Waals surface area (Å²) < 4.78 is 23.1. The minimum absolute atomic E-state index is 0.0831. The van der Waals surface area contributed by atoms with Gasteiger partial charge in [-0.05, 0) is 60.4 Å². The van der Waals surface area contributed by atoms with Crippen LogP contribution in [0.25, 0.3) is 5.57 Å². The SMILES string of the molecule is C=CC(Cl)CN/C=C/C1=C(c2ccc(S(C)(=O)=O)cc2)CCC1. The molecule has 0 radical (unpaired) electrons. The van der Waals surface area contributed by atoms with Crippen molar-refractivity contribution in [2.75, 3.05) is 12.8 Å². The van der Waals surface area contributed by atoms with Crippen LogP contribution in [0.1, 0.15) is 24.8 Å². The first kappa shape index (κ1) is 17.8. The molecule has 1 N–H and O–H groups in total. The van der Waals surface area contributed by atoms with Gasteiger partial charge in [-0.2, -0.15) is 0 Å². The second-order valence-electron chi connectivity index (χ2n) is 5.65. The van der Waals surface area contributed by atoms with Crippen molar-refractivity contribution in [3.63, 3.8) is 0 Å². The van der Waals surface area contributed by atoms with E-state index in [1.165, 1.54) is 17.4 Å². The summed E-state index contributed by atoms with van der Waals surface area (Å²) in [6.45, 7) is 4.29. The molecule has 0 saturated heterocycles. The van der Waals surface area contributed by atoms with Gasteiger partial charge in [0.15, 0.2) is 9.84 Å². The van der Waals surface area contributed by atoms with Crippen LogP contribution in [-0.2, 0) is 9.84 Å². The number of alkyl halides is 1. The van der Waals surface area contributed by atoms with E-state index in [4.69, 9.17) is 11.6 Å². The largest absolute Gasteiger partial charge is 0.389 e. The van der Waals surface area contributed by atoms with Crippen molar-refractivity contribution in [1.82, 2.24) is 5.32 Å². The molecule has 124 valence electrons. The lowest BCUT2D eigenvalue weighted by Gasteiger charge is -2.07. The standard InChI is InChI=1S/C18H22ClNO2S/c1-3-16(19)13-20-12-11-14-5-4-6-18(14)15-7-9-17(10-8-15)23(2,21)22/h3,7-12,16,20H,1,4-6,13H2,2H3/b12-11+. The Bertz CT molecular complexity index is 718. The number of halogens is 1. The topological polar surface area (TPSA) is 46.2 Å². The van der Waals surface area contributed by atoms with Gasteiger partial charge in [-0.3, -0.25) is 0 Å². The number of rotatable bonds is 7. The second-order valence-corrected chi connectivity index (χ2v) is 8.22. The molecule has 3 nitrogen and oxygen atoms in total. The monoisotopic (exact) mass is 351 g/mol. The van der Waals surface area contributed by atoms with E-state index in [2.05, 4.69) is 18.0 Å². The van der Waals surface area contributed by atoms with Crippen molar-refractivity contribution in [1.29, 1.82) is 0 Å². The summed E-state index contributed by atoms with van der Waals surface area (Å²) in [5.74, 6) is 0. The first-order valence-electron chi connectivity index (χ1n) is 7.61. The third kappa shape index (κ3) is 4.98. The minimum atomic E-state index is -3.15. The fourth-order valence-electron chi connectivity index (χ4n) is 2.61. The van der Waals surface area contributed by atoms with Gasteiger partial charge in [-0.15, -0.1) is 18.2 Å². The van der Waals surface area contributed by atoms with Gasteiger partial charge < -0.3 is 5.32 Å². The van der Waals surface area contributed by atoms with Gasteiger partial charge in [0.1, 0.15) is 0 Å². The van der Waals surface area contributed by atoms with Crippen molar-refractivity contribution >= 4 is 27.0 Å². The van der Waals surface area contributed by atoms with Crippen molar-refractivity contribution in [2.45, 2.75) is 29.5 Å². The van der Waals surface area contributed by atoms with Crippen LogP contribution in [0.2, 0.25) is 0 Å². The van der Waals surface area contributed by atoms with Crippen LogP contribution in [-0.4, -0.2) is 26.6 Å². The molecule has 0 saturated carbocycles. The van der Waals surface area contributed by atoms with Gasteiger partial charge in [0.25, 0.3) is 0 Å². The summed E-state index contributed by atoms with van der Waals surface area (Å²) in [7, 11) is -3.15. The fraction of sp³-hybridized carbons (Fsp3) is 0.333. The second kappa shape index (κ2) is 7.84. The molecule has 0 aromatic heterocycles. The molecule has 1 unspecified atom stereocenters. The van der Waals surface area contributed by atoms with Gasteiger partial charge >= 0.3 is 0 Å². The van der Waals surface area contributed by atoms with E-state index in [-0.39, 0.29) is 5.38 Å². The zero-order valence-corrected chi connectivity index (χ0v) is 14.8. The Kier molecular flexibility index (Phi) is 6.08. The number of hydrogen-bond acceptors (Lipinski definition) is 3. The number of nitrogens with one attached hydrogen (secondary N) is 1. The quantitative estimate of drug-likeness (QED) is 0.598. The third-order valence-corrected chi connectivity index (χ3v) is 5.32. The summed E-state index contributed by atoms with van der Waals surface area (Å²) in [5.41, 5.74) is 3.67. The summed E-state index contributed by atoms with van der Waals surface area (Å²) in [5, 5.41) is 3.08. The lowest BCUT2D eigenvalue weighted by molar-refractivity contribution is 0.602. The fourth-order valence-corrected chi connectivity index (χ4v) is 3.33. The van der Waals surface area contributed by atoms with Crippen LogP contribution in [0.5, 0.6) is 0 Å². The van der Waals surface area contributed by atoms with Gasteiger partial charge in [-0.25, -0.2) is 8.42 Å². The maximum atomic E-state index is 11.5. The highest BCUT2D eigenvalue weighted by atomic mass is 35.5. The minimum Gasteiger partial charge on any atom is -0.389 e. The van der Waals surface area contributed by atoms with E-state index in [9.17, 15) is 8.42 Å². The number of sulfone groups is 1. The molecule has 0 fully saturated rings. The maximum Gasteiger partial charge on any atom is 0.175 e. The maximum absolute atomic E-state index is 11.5. The number of allylic oxidation sites excluding steroid dienone is 3.